The molecule has 27 heavy (non-hydrogen) atoms. The average molecular weight is 395 g/mol. The molecule has 0 aromatic carbocycles. The highest BCUT2D eigenvalue weighted by molar-refractivity contribution is 7.99. The summed E-state index contributed by atoms with van der Waals surface area (Å²) in [7, 11) is 0. The molecule has 2 saturated heterocycles. The lowest BCUT2D eigenvalue weighted by molar-refractivity contribution is -0.131. The van der Waals surface area contributed by atoms with Crippen LogP contribution in [0.1, 0.15) is 57.8 Å². The highest BCUT2D eigenvalue weighted by atomic mass is 32.2. The molecule has 0 aromatic rings. The third-order valence-electron chi connectivity index (χ3n) is 6.45. The van der Waals surface area contributed by atoms with Crippen LogP contribution in [-0.4, -0.2) is 46.0 Å². The minimum Gasteiger partial charge on any atom is -0.478 e. The van der Waals surface area contributed by atoms with Crippen LogP contribution in [0.3, 0.4) is 0 Å². The van der Waals surface area contributed by atoms with Gasteiger partial charge in [0.1, 0.15) is 0 Å². The fourth-order valence-electron chi connectivity index (χ4n) is 5.05. The van der Waals surface area contributed by atoms with E-state index in [1.807, 2.05) is 0 Å². The van der Waals surface area contributed by atoms with Gasteiger partial charge in [0.2, 0.25) is 0 Å². The van der Waals surface area contributed by atoms with Crippen LogP contribution in [-0.2, 0) is 9.53 Å². The van der Waals surface area contributed by atoms with E-state index in [9.17, 15) is 9.90 Å². The number of thioether (sulfide) groups is 1. The maximum atomic E-state index is 10.5. The summed E-state index contributed by atoms with van der Waals surface area (Å²) in [6, 6.07) is 0. The molecule has 0 spiro atoms. The number of carbonyl (C=O) groups is 1. The molecule has 5 heteroatoms. The van der Waals surface area contributed by atoms with Crippen molar-refractivity contribution >= 4 is 17.7 Å². The van der Waals surface area contributed by atoms with Gasteiger partial charge in [0.15, 0.2) is 0 Å². The van der Waals surface area contributed by atoms with Gasteiger partial charge in [-0.2, -0.15) is 11.8 Å². The van der Waals surface area contributed by atoms with Gasteiger partial charge in [-0.05, 0) is 56.1 Å². The number of rotatable bonds is 10. The Bertz CT molecular complexity index is 526. The second-order valence-corrected chi connectivity index (χ2v) is 9.41. The Morgan fingerprint density at radius 1 is 1.15 bits per heavy atom. The molecule has 2 heterocycles. The number of aliphatic carboxylic acids is 1. The molecule has 0 radical (unpaired) electrons. The Morgan fingerprint density at radius 2 is 1.93 bits per heavy atom. The molecule has 152 valence electrons. The maximum Gasteiger partial charge on any atom is 0.328 e. The van der Waals surface area contributed by atoms with Crippen molar-refractivity contribution < 1.29 is 19.7 Å². The predicted octanol–water partition coefficient (Wildman–Crippen LogP) is 4.43. The summed E-state index contributed by atoms with van der Waals surface area (Å²) >= 11 is 1.79. The Morgan fingerprint density at radius 3 is 2.70 bits per heavy atom. The monoisotopic (exact) mass is 394 g/mol. The van der Waals surface area contributed by atoms with Crippen molar-refractivity contribution in [2.24, 2.45) is 17.8 Å². The van der Waals surface area contributed by atoms with Gasteiger partial charge in [0.25, 0.3) is 0 Å². The van der Waals surface area contributed by atoms with Crippen LogP contribution >= 0.6 is 11.8 Å². The fraction of sp³-hybridized carbons (Fsp3) is 0.773. The van der Waals surface area contributed by atoms with E-state index in [-0.39, 0.29) is 6.10 Å². The summed E-state index contributed by atoms with van der Waals surface area (Å²) in [5, 5.41) is 19.1. The van der Waals surface area contributed by atoms with Crippen LogP contribution in [0.2, 0.25) is 0 Å². The molecule has 2 N–H and O–H groups in total. The molecule has 0 aromatic heterocycles. The number of ether oxygens (including phenoxy) is 1. The average Bonchev–Trinajstić information content (AvgIpc) is 3.27. The summed E-state index contributed by atoms with van der Waals surface area (Å²) in [6.07, 6.45) is 18.5. The molecule has 0 amide bonds. The molecule has 5 atom stereocenters. The molecule has 3 rings (SSSR count). The Balaban J connectivity index is 1.43. The number of aliphatic hydroxyl groups excluding tert-OH is 1. The quantitative estimate of drug-likeness (QED) is 0.326. The van der Waals surface area contributed by atoms with Gasteiger partial charge in [0, 0.05) is 17.7 Å². The first-order valence-electron chi connectivity index (χ1n) is 10.6. The third kappa shape index (κ3) is 6.10. The first-order valence-corrected chi connectivity index (χ1v) is 11.8. The lowest BCUT2D eigenvalue weighted by Crippen LogP contribution is -2.27. The number of carboxylic acid groups (broad SMARTS) is 1. The van der Waals surface area contributed by atoms with Gasteiger partial charge in [-0.25, -0.2) is 4.79 Å². The molecule has 3 fully saturated rings. The minimum absolute atomic E-state index is 0.290. The van der Waals surface area contributed by atoms with Crippen LogP contribution < -0.4 is 0 Å². The molecule has 1 aliphatic carbocycles. The second kappa shape index (κ2) is 10.7. The zero-order chi connectivity index (χ0) is 19.1. The normalized spacial score (nSPS) is 32.6. The summed E-state index contributed by atoms with van der Waals surface area (Å²) in [5.41, 5.74) is 0. The lowest BCUT2D eigenvalue weighted by Gasteiger charge is -2.27. The van der Waals surface area contributed by atoms with Gasteiger partial charge in [0.05, 0.1) is 18.3 Å². The molecule has 2 aliphatic heterocycles. The van der Waals surface area contributed by atoms with Crippen LogP contribution in [0, 0.1) is 17.8 Å². The smallest absolute Gasteiger partial charge is 0.328 e. The van der Waals surface area contributed by atoms with E-state index >= 15 is 0 Å². The van der Waals surface area contributed by atoms with Crippen molar-refractivity contribution in [2.75, 3.05) is 11.5 Å². The second-order valence-electron chi connectivity index (χ2n) is 8.26. The molecule has 3 aliphatic rings. The van der Waals surface area contributed by atoms with E-state index in [0.29, 0.717) is 30.0 Å². The van der Waals surface area contributed by atoms with E-state index in [1.165, 1.54) is 31.8 Å². The molecular weight excluding hydrogens is 360 g/mol. The van der Waals surface area contributed by atoms with Gasteiger partial charge >= 0.3 is 5.97 Å². The third-order valence-corrected chi connectivity index (χ3v) is 7.46. The first kappa shape index (κ1) is 20.9. The molecule has 1 saturated carbocycles. The van der Waals surface area contributed by atoms with Crippen molar-refractivity contribution in [1.29, 1.82) is 0 Å². The predicted molar refractivity (Wildman–Crippen MR) is 110 cm³/mol. The highest BCUT2D eigenvalue weighted by Crippen LogP contribution is 2.46. The molecular formula is C22H34O4S. The Hall–Kier alpha value is -0.780. The maximum absolute atomic E-state index is 10.5. The zero-order valence-electron chi connectivity index (χ0n) is 16.2. The van der Waals surface area contributed by atoms with Gasteiger partial charge in [-0.3, -0.25) is 0 Å². The van der Waals surface area contributed by atoms with Crippen molar-refractivity contribution in [3.05, 3.63) is 24.3 Å². The molecule has 2 bridgehead atoms. The fourth-order valence-corrected chi connectivity index (χ4v) is 5.82. The number of aliphatic hydroxyl groups is 1. The standard InChI is InChI=1S/C22H34O4S/c23-19(16-6-2-1-3-7-16)11-10-18-17(20-12-13-21(18)26-20)8-4-14-27-15-5-9-22(24)25/h5,9-11,16-21,23H,1-4,6-8,12-15H2,(H,24,25)/t17-,18+,19?,20-,21+/m1/s1. The zero-order valence-corrected chi connectivity index (χ0v) is 17.0. The van der Waals surface area contributed by atoms with Crippen LogP contribution in [0.15, 0.2) is 24.3 Å². The number of fused-ring (bicyclic) bond motifs is 2. The van der Waals surface area contributed by atoms with Crippen molar-refractivity contribution in [1.82, 2.24) is 0 Å². The SMILES string of the molecule is O=C(O)C=CCSCCC[C@@H]1[C@H](C=CC(O)C2CCCCC2)[C@@H]2CC[C@H]1O2. The minimum atomic E-state index is -0.875. The summed E-state index contributed by atoms with van der Waals surface area (Å²) in [5.74, 6) is 2.42. The van der Waals surface area contributed by atoms with E-state index in [0.717, 1.165) is 43.6 Å². The van der Waals surface area contributed by atoms with Gasteiger partial charge < -0.3 is 14.9 Å². The molecule has 1 unspecified atom stereocenters. The van der Waals surface area contributed by atoms with Crippen molar-refractivity contribution in [2.45, 2.75) is 76.1 Å². The van der Waals surface area contributed by atoms with E-state index in [1.54, 1.807) is 17.8 Å². The van der Waals surface area contributed by atoms with Crippen LogP contribution in [0.5, 0.6) is 0 Å². The Labute approximate surface area is 167 Å². The van der Waals surface area contributed by atoms with Crippen molar-refractivity contribution in [3.63, 3.8) is 0 Å². The first-order chi connectivity index (χ1) is 13.1. The number of hydrogen-bond donors (Lipinski definition) is 2. The van der Waals surface area contributed by atoms with Crippen LogP contribution in [0.4, 0.5) is 0 Å². The lowest BCUT2D eigenvalue weighted by atomic mass is 9.76. The summed E-state index contributed by atoms with van der Waals surface area (Å²) < 4.78 is 6.18. The van der Waals surface area contributed by atoms with Crippen LogP contribution in [0.25, 0.3) is 0 Å². The molecule has 4 nitrogen and oxygen atoms in total. The van der Waals surface area contributed by atoms with Gasteiger partial charge in [-0.15, -0.1) is 0 Å². The van der Waals surface area contributed by atoms with E-state index in [4.69, 9.17) is 9.84 Å². The van der Waals surface area contributed by atoms with Crippen molar-refractivity contribution in [3.8, 4) is 0 Å². The van der Waals surface area contributed by atoms with E-state index < -0.39 is 5.97 Å². The Kier molecular flexibility index (Phi) is 8.28. The topological polar surface area (TPSA) is 66.8 Å². The largest absolute Gasteiger partial charge is 0.478 e. The summed E-state index contributed by atoms with van der Waals surface area (Å²) in [4.78, 5) is 10.4. The van der Waals surface area contributed by atoms with Gasteiger partial charge in [-0.1, -0.05) is 37.5 Å². The van der Waals surface area contributed by atoms with E-state index in [2.05, 4.69) is 12.2 Å². The summed E-state index contributed by atoms with van der Waals surface area (Å²) in [6.45, 7) is 0. The highest BCUT2D eigenvalue weighted by Gasteiger charge is 2.47. The number of hydrogen-bond acceptors (Lipinski definition) is 4. The number of carboxylic acids is 1.